The number of H-pyrrole nitrogens is 1. The Bertz CT molecular complexity index is 867. The molecule has 1 saturated heterocycles. The number of piperidine rings is 1. The summed E-state index contributed by atoms with van der Waals surface area (Å²) in [5.41, 5.74) is 4.11. The summed E-state index contributed by atoms with van der Waals surface area (Å²) in [5.74, 6) is 0.961. The second-order valence-electron chi connectivity index (χ2n) is 7.10. The Morgan fingerprint density at radius 3 is 2.88 bits per heavy atom. The first-order valence-electron chi connectivity index (χ1n) is 9.26. The highest BCUT2D eigenvalue weighted by Gasteiger charge is 2.23. The van der Waals surface area contributed by atoms with Gasteiger partial charge in [-0.25, -0.2) is 15.0 Å². The maximum absolute atomic E-state index is 4.52. The van der Waals surface area contributed by atoms with Crippen molar-refractivity contribution in [2.24, 2.45) is 0 Å². The third-order valence-electron chi connectivity index (χ3n) is 5.14. The second kappa shape index (κ2) is 7.37. The summed E-state index contributed by atoms with van der Waals surface area (Å²) in [6.07, 6.45) is 8.33. The molecule has 1 aliphatic rings. The van der Waals surface area contributed by atoms with Crippen molar-refractivity contribution in [1.82, 2.24) is 30.2 Å². The zero-order chi connectivity index (χ0) is 17.9. The molecule has 1 atom stereocenters. The van der Waals surface area contributed by atoms with Crippen molar-refractivity contribution < 1.29 is 0 Å². The molecule has 2 N–H and O–H groups in total. The van der Waals surface area contributed by atoms with Crippen LogP contribution in [0.3, 0.4) is 0 Å². The largest absolute Gasteiger partial charge is 0.355 e. The third-order valence-corrected chi connectivity index (χ3v) is 5.14. The summed E-state index contributed by atoms with van der Waals surface area (Å²) in [7, 11) is 0. The van der Waals surface area contributed by atoms with Crippen molar-refractivity contribution in [2.45, 2.75) is 45.2 Å². The van der Waals surface area contributed by atoms with Gasteiger partial charge in [-0.15, -0.1) is 0 Å². The monoisotopic (exact) mass is 351 g/mol. The SMILES string of the molecule is Cc1cccnc1C[C@@H](C)NC1CCN(c2ncnc3nc[nH]c23)CC1. The van der Waals surface area contributed by atoms with E-state index >= 15 is 0 Å². The van der Waals surface area contributed by atoms with Crippen molar-refractivity contribution in [3.8, 4) is 0 Å². The average molecular weight is 351 g/mol. The van der Waals surface area contributed by atoms with Crippen LogP contribution in [0.2, 0.25) is 0 Å². The fraction of sp³-hybridized carbons (Fsp3) is 0.474. The van der Waals surface area contributed by atoms with Crippen LogP contribution in [-0.4, -0.2) is 50.1 Å². The summed E-state index contributed by atoms with van der Waals surface area (Å²) < 4.78 is 0. The number of aromatic amines is 1. The molecule has 0 bridgehead atoms. The van der Waals surface area contributed by atoms with Crippen LogP contribution in [0.25, 0.3) is 11.2 Å². The molecule has 0 radical (unpaired) electrons. The lowest BCUT2D eigenvalue weighted by Gasteiger charge is -2.34. The summed E-state index contributed by atoms with van der Waals surface area (Å²) in [6.45, 7) is 6.35. The van der Waals surface area contributed by atoms with Crippen LogP contribution in [0, 0.1) is 6.92 Å². The Morgan fingerprint density at radius 1 is 1.23 bits per heavy atom. The molecule has 3 aromatic heterocycles. The number of hydrogen-bond donors (Lipinski definition) is 2. The zero-order valence-corrected chi connectivity index (χ0v) is 15.3. The molecule has 7 heteroatoms. The van der Waals surface area contributed by atoms with E-state index in [1.54, 1.807) is 12.7 Å². The van der Waals surface area contributed by atoms with Crippen LogP contribution < -0.4 is 10.2 Å². The van der Waals surface area contributed by atoms with E-state index in [4.69, 9.17) is 0 Å². The maximum atomic E-state index is 4.52. The Kier molecular flexibility index (Phi) is 4.79. The topological polar surface area (TPSA) is 82.6 Å². The number of aromatic nitrogens is 5. The van der Waals surface area contributed by atoms with Crippen molar-refractivity contribution in [3.05, 3.63) is 42.2 Å². The minimum Gasteiger partial charge on any atom is -0.355 e. The van der Waals surface area contributed by atoms with Crippen molar-refractivity contribution in [2.75, 3.05) is 18.0 Å². The molecule has 3 aromatic rings. The van der Waals surface area contributed by atoms with Gasteiger partial charge in [0.05, 0.1) is 6.33 Å². The van der Waals surface area contributed by atoms with Crippen molar-refractivity contribution in [3.63, 3.8) is 0 Å². The normalized spacial score (nSPS) is 16.9. The number of pyridine rings is 1. The Balaban J connectivity index is 1.34. The highest BCUT2D eigenvalue weighted by Crippen LogP contribution is 2.23. The van der Waals surface area contributed by atoms with E-state index < -0.39 is 0 Å². The van der Waals surface area contributed by atoms with Gasteiger partial charge in [-0.2, -0.15) is 0 Å². The van der Waals surface area contributed by atoms with Gasteiger partial charge in [-0.05, 0) is 38.3 Å². The lowest BCUT2D eigenvalue weighted by molar-refractivity contribution is 0.373. The van der Waals surface area contributed by atoms with Crippen LogP contribution >= 0.6 is 0 Å². The third kappa shape index (κ3) is 3.53. The lowest BCUT2D eigenvalue weighted by Crippen LogP contribution is -2.46. The molecule has 0 unspecified atom stereocenters. The van der Waals surface area contributed by atoms with Gasteiger partial charge >= 0.3 is 0 Å². The number of nitrogens with one attached hydrogen (secondary N) is 2. The van der Waals surface area contributed by atoms with Gasteiger partial charge in [0.25, 0.3) is 0 Å². The van der Waals surface area contributed by atoms with Gasteiger partial charge in [-0.3, -0.25) is 4.98 Å². The van der Waals surface area contributed by atoms with Crippen LogP contribution in [0.15, 0.2) is 31.0 Å². The molecule has 4 heterocycles. The summed E-state index contributed by atoms with van der Waals surface area (Å²) in [4.78, 5) is 22.9. The Morgan fingerprint density at radius 2 is 2.08 bits per heavy atom. The molecule has 0 aliphatic carbocycles. The average Bonchev–Trinajstić information content (AvgIpc) is 3.13. The zero-order valence-electron chi connectivity index (χ0n) is 15.3. The highest BCUT2D eigenvalue weighted by atomic mass is 15.2. The van der Waals surface area contributed by atoms with Crippen LogP contribution in [0.4, 0.5) is 5.82 Å². The standard InChI is InChI=1S/C19H25N7/c1-13-4-3-7-20-16(13)10-14(2)25-15-5-8-26(9-6-15)19-17-18(22-11-21-17)23-12-24-19/h3-4,7,11-12,14-15,25H,5-6,8-10H2,1-2H3,(H,21,22,23,24)/t14-/m1/s1. The molecular formula is C19H25N7. The first-order valence-corrected chi connectivity index (χ1v) is 9.26. The molecule has 26 heavy (non-hydrogen) atoms. The molecule has 7 nitrogen and oxygen atoms in total. The van der Waals surface area contributed by atoms with E-state index in [0.29, 0.717) is 12.1 Å². The highest BCUT2D eigenvalue weighted by molar-refractivity contribution is 5.82. The summed E-state index contributed by atoms with van der Waals surface area (Å²) in [6, 6.07) is 5.07. The quantitative estimate of drug-likeness (QED) is 0.734. The fourth-order valence-corrected chi connectivity index (χ4v) is 3.73. The molecule has 1 aliphatic heterocycles. The molecule has 1 fully saturated rings. The van der Waals surface area contributed by atoms with E-state index in [9.17, 15) is 0 Å². The van der Waals surface area contributed by atoms with Crippen LogP contribution in [0.5, 0.6) is 0 Å². The predicted octanol–water partition coefficient (Wildman–Crippen LogP) is 2.25. The molecule has 0 spiro atoms. The number of nitrogens with zero attached hydrogens (tertiary/aromatic N) is 5. The summed E-state index contributed by atoms with van der Waals surface area (Å²) >= 11 is 0. The first-order chi connectivity index (χ1) is 12.7. The van der Waals surface area contributed by atoms with Gasteiger partial charge in [0.2, 0.25) is 0 Å². The number of anilines is 1. The fourth-order valence-electron chi connectivity index (χ4n) is 3.73. The minimum atomic E-state index is 0.415. The van der Waals surface area contributed by atoms with Gasteiger partial charge < -0.3 is 15.2 Å². The van der Waals surface area contributed by atoms with E-state index in [1.165, 1.54) is 11.3 Å². The first kappa shape index (κ1) is 16.9. The molecular weight excluding hydrogens is 326 g/mol. The van der Waals surface area contributed by atoms with E-state index in [-0.39, 0.29) is 0 Å². The van der Waals surface area contributed by atoms with Gasteiger partial charge in [0.1, 0.15) is 11.8 Å². The smallest absolute Gasteiger partial charge is 0.182 e. The van der Waals surface area contributed by atoms with E-state index in [2.05, 4.69) is 55.1 Å². The molecule has 4 rings (SSSR count). The van der Waals surface area contributed by atoms with E-state index in [1.807, 2.05) is 12.3 Å². The molecule has 0 saturated carbocycles. The van der Waals surface area contributed by atoms with Gasteiger partial charge in [-0.1, -0.05) is 6.07 Å². The second-order valence-corrected chi connectivity index (χ2v) is 7.10. The molecule has 0 amide bonds. The Hall–Kier alpha value is -2.54. The van der Waals surface area contributed by atoms with Crippen LogP contribution in [0.1, 0.15) is 31.0 Å². The van der Waals surface area contributed by atoms with Crippen molar-refractivity contribution >= 4 is 17.0 Å². The molecule has 0 aromatic carbocycles. The van der Waals surface area contributed by atoms with E-state index in [0.717, 1.165) is 49.3 Å². The molecule has 136 valence electrons. The van der Waals surface area contributed by atoms with Crippen molar-refractivity contribution in [1.29, 1.82) is 0 Å². The van der Waals surface area contributed by atoms with Crippen LogP contribution in [-0.2, 0) is 6.42 Å². The Labute approximate surface area is 153 Å². The minimum absolute atomic E-state index is 0.415. The maximum Gasteiger partial charge on any atom is 0.182 e. The number of rotatable bonds is 5. The van der Waals surface area contributed by atoms with Gasteiger partial charge in [0.15, 0.2) is 11.5 Å². The van der Waals surface area contributed by atoms with Gasteiger partial charge in [0, 0.05) is 43.5 Å². The number of hydrogen-bond acceptors (Lipinski definition) is 6. The number of aryl methyl sites for hydroxylation is 1. The number of fused-ring (bicyclic) bond motifs is 1. The number of imidazole rings is 1. The summed E-state index contributed by atoms with van der Waals surface area (Å²) in [5, 5.41) is 3.78. The lowest BCUT2D eigenvalue weighted by atomic mass is 10.0. The predicted molar refractivity (Wildman–Crippen MR) is 102 cm³/mol.